The van der Waals surface area contributed by atoms with Crippen LogP contribution in [0.4, 0.5) is 10.5 Å². The molecule has 1 aromatic rings. The lowest BCUT2D eigenvalue weighted by Gasteiger charge is -2.12. The minimum Gasteiger partial charge on any atom is -0.465 e. The number of nitrogens with one attached hydrogen (secondary N) is 2. The summed E-state index contributed by atoms with van der Waals surface area (Å²) in [5.74, 6) is -1.65. The number of imide groups is 1. The normalized spacial score (nSPS) is 14.1. The summed E-state index contributed by atoms with van der Waals surface area (Å²) in [5, 5.41) is 4.80. The standard InChI is InChI=1S/C18H19N3O6S/c1-11(9-14(22)19-7-8-21-15(23)10-28-18(21)26)16(24)20-13-5-3-12(4-6-13)17(25)27-2/h3-6,9H,7-8,10H2,1-2H3,(H,19,22)(H,20,24)/b11-9+. The third kappa shape index (κ3) is 5.68. The van der Waals surface area contributed by atoms with Gasteiger partial charge in [0.15, 0.2) is 0 Å². The van der Waals surface area contributed by atoms with Crippen LogP contribution in [0.25, 0.3) is 0 Å². The van der Waals surface area contributed by atoms with E-state index in [0.717, 1.165) is 22.7 Å². The maximum Gasteiger partial charge on any atom is 0.337 e. The van der Waals surface area contributed by atoms with Crippen LogP contribution >= 0.6 is 11.8 Å². The number of ether oxygens (including phenoxy) is 1. The van der Waals surface area contributed by atoms with Crippen LogP contribution in [0.2, 0.25) is 0 Å². The van der Waals surface area contributed by atoms with E-state index in [2.05, 4.69) is 15.4 Å². The van der Waals surface area contributed by atoms with E-state index in [0.29, 0.717) is 11.3 Å². The average molecular weight is 405 g/mol. The number of carbonyl (C=O) groups is 5. The lowest BCUT2D eigenvalue weighted by molar-refractivity contribution is -0.125. The number of benzene rings is 1. The van der Waals surface area contributed by atoms with Gasteiger partial charge in [-0.1, -0.05) is 11.8 Å². The van der Waals surface area contributed by atoms with Crippen molar-refractivity contribution >= 4 is 46.4 Å². The molecule has 2 rings (SSSR count). The number of thioether (sulfide) groups is 1. The summed E-state index contributed by atoms with van der Waals surface area (Å²) in [7, 11) is 1.27. The smallest absolute Gasteiger partial charge is 0.337 e. The van der Waals surface area contributed by atoms with Crippen LogP contribution < -0.4 is 10.6 Å². The molecule has 1 aliphatic heterocycles. The van der Waals surface area contributed by atoms with E-state index in [1.54, 1.807) is 12.1 Å². The van der Waals surface area contributed by atoms with Crippen LogP contribution in [-0.2, 0) is 19.1 Å². The van der Waals surface area contributed by atoms with Crippen LogP contribution in [0.3, 0.4) is 0 Å². The van der Waals surface area contributed by atoms with Crippen molar-refractivity contribution in [2.45, 2.75) is 6.92 Å². The number of methoxy groups -OCH3 is 1. The molecule has 0 aliphatic carbocycles. The summed E-state index contributed by atoms with van der Waals surface area (Å²) in [6.07, 6.45) is 1.13. The Labute approximate surface area is 165 Å². The lowest BCUT2D eigenvalue weighted by Crippen LogP contribution is -2.37. The molecule has 1 fully saturated rings. The molecule has 10 heteroatoms. The van der Waals surface area contributed by atoms with Gasteiger partial charge in [-0.05, 0) is 31.2 Å². The van der Waals surface area contributed by atoms with Crippen molar-refractivity contribution in [3.8, 4) is 0 Å². The van der Waals surface area contributed by atoms with E-state index < -0.39 is 17.8 Å². The highest BCUT2D eigenvalue weighted by atomic mass is 32.2. The summed E-state index contributed by atoms with van der Waals surface area (Å²) in [6, 6.07) is 6.10. The van der Waals surface area contributed by atoms with E-state index >= 15 is 0 Å². The van der Waals surface area contributed by atoms with Gasteiger partial charge in [-0.15, -0.1) is 0 Å². The Morgan fingerprint density at radius 2 is 1.89 bits per heavy atom. The van der Waals surface area contributed by atoms with Gasteiger partial charge in [0.25, 0.3) is 11.1 Å². The molecule has 9 nitrogen and oxygen atoms in total. The summed E-state index contributed by atoms with van der Waals surface area (Å²) in [6.45, 7) is 1.65. The highest BCUT2D eigenvalue weighted by Gasteiger charge is 2.29. The molecule has 0 saturated carbocycles. The van der Waals surface area contributed by atoms with Crippen LogP contribution in [0.15, 0.2) is 35.9 Å². The first kappa shape index (κ1) is 21.2. The predicted octanol–water partition coefficient (Wildman–Crippen LogP) is 1.17. The Balaban J connectivity index is 1.83. The molecule has 2 N–H and O–H groups in total. The number of amides is 4. The van der Waals surface area contributed by atoms with Gasteiger partial charge < -0.3 is 15.4 Å². The lowest BCUT2D eigenvalue weighted by atomic mass is 10.2. The number of hydrogen-bond donors (Lipinski definition) is 2. The minimum atomic E-state index is -0.513. The zero-order chi connectivity index (χ0) is 20.7. The molecule has 0 atom stereocenters. The summed E-state index contributed by atoms with van der Waals surface area (Å²) < 4.78 is 4.59. The van der Waals surface area contributed by atoms with Gasteiger partial charge in [0.1, 0.15) is 0 Å². The fraction of sp³-hybridized carbons (Fsp3) is 0.278. The van der Waals surface area contributed by atoms with Gasteiger partial charge in [0, 0.05) is 30.4 Å². The second-order valence-corrected chi connectivity index (χ2v) is 6.67. The number of esters is 1. The fourth-order valence-electron chi connectivity index (χ4n) is 2.24. The Hall–Kier alpha value is -3.14. The Morgan fingerprint density at radius 1 is 1.21 bits per heavy atom. The molecular weight excluding hydrogens is 386 g/mol. The summed E-state index contributed by atoms with van der Waals surface area (Å²) >= 11 is 0.926. The summed E-state index contributed by atoms with van der Waals surface area (Å²) in [4.78, 5) is 59.4. The van der Waals surface area contributed by atoms with Gasteiger partial charge in [-0.2, -0.15) is 0 Å². The molecule has 148 valence electrons. The maximum absolute atomic E-state index is 12.1. The van der Waals surface area contributed by atoms with Crippen molar-refractivity contribution in [2.24, 2.45) is 0 Å². The fourth-order valence-corrected chi connectivity index (χ4v) is 2.99. The first-order chi connectivity index (χ1) is 13.3. The van der Waals surface area contributed by atoms with Gasteiger partial charge in [-0.25, -0.2) is 4.79 Å². The van der Waals surface area contributed by atoms with Gasteiger partial charge in [0.05, 0.1) is 18.4 Å². The number of nitrogens with zero attached hydrogens (tertiary/aromatic N) is 1. The third-order valence-electron chi connectivity index (χ3n) is 3.74. The second kappa shape index (κ2) is 9.70. The zero-order valence-corrected chi connectivity index (χ0v) is 16.1. The molecule has 1 heterocycles. The Morgan fingerprint density at radius 3 is 2.46 bits per heavy atom. The van der Waals surface area contributed by atoms with Crippen molar-refractivity contribution in [1.82, 2.24) is 10.2 Å². The number of rotatable bonds is 7. The molecule has 0 bridgehead atoms. The van der Waals surface area contributed by atoms with Crippen molar-refractivity contribution in [2.75, 3.05) is 31.3 Å². The third-order valence-corrected chi connectivity index (χ3v) is 4.60. The SMILES string of the molecule is COC(=O)c1ccc(NC(=O)/C(C)=C/C(=O)NCCN2C(=O)CSC2=O)cc1. The molecule has 0 aromatic heterocycles. The highest BCUT2D eigenvalue weighted by Crippen LogP contribution is 2.17. The van der Waals surface area contributed by atoms with Crippen molar-refractivity contribution < 1.29 is 28.7 Å². The van der Waals surface area contributed by atoms with E-state index in [1.165, 1.54) is 26.2 Å². The minimum absolute atomic E-state index is 0.0854. The van der Waals surface area contributed by atoms with Crippen molar-refractivity contribution in [1.29, 1.82) is 0 Å². The molecule has 1 aromatic carbocycles. The maximum atomic E-state index is 12.1. The van der Waals surface area contributed by atoms with E-state index in [-0.39, 0.29) is 35.6 Å². The predicted molar refractivity (Wildman–Crippen MR) is 103 cm³/mol. The number of anilines is 1. The highest BCUT2D eigenvalue weighted by molar-refractivity contribution is 8.14. The molecule has 28 heavy (non-hydrogen) atoms. The quantitative estimate of drug-likeness (QED) is 0.516. The molecule has 1 aliphatic rings. The Kier molecular flexibility index (Phi) is 7.33. The molecule has 0 radical (unpaired) electrons. The van der Waals surface area contributed by atoms with Crippen LogP contribution in [-0.4, -0.2) is 59.8 Å². The largest absolute Gasteiger partial charge is 0.465 e. The molecule has 1 saturated heterocycles. The topological polar surface area (TPSA) is 122 Å². The van der Waals surface area contributed by atoms with E-state index in [1.807, 2.05) is 0 Å². The zero-order valence-electron chi connectivity index (χ0n) is 15.3. The van der Waals surface area contributed by atoms with Crippen molar-refractivity contribution in [3.63, 3.8) is 0 Å². The first-order valence-corrected chi connectivity index (χ1v) is 9.23. The summed E-state index contributed by atoms with van der Waals surface area (Å²) in [5.41, 5.74) is 0.966. The van der Waals surface area contributed by atoms with Crippen LogP contribution in [0, 0.1) is 0 Å². The molecule has 0 spiro atoms. The van der Waals surface area contributed by atoms with Crippen LogP contribution in [0.1, 0.15) is 17.3 Å². The number of hydrogen-bond acceptors (Lipinski definition) is 7. The van der Waals surface area contributed by atoms with E-state index in [9.17, 15) is 24.0 Å². The number of carbonyl (C=O) groups excluding carboxylic acids is 5. The van der Waals surface area contributed by atoms with Gasteiger partial charge >= 0.3 is 5.97 Å². The second-order valence-electron chi connectivity index (χ2n) is 5.74. The Bertz CT molecular complexity index is 818. The van der Waals surface area contributed by atoms with Gasteiger partial charge in [0.2, 0.25) is 11.8 Å². The van der Waals surface area contributed by atoms with Crippen molar-refractivity contribution in [3.05, 3.63) is 41.5 Å². The van der Waals surface area contributed by atoms with Gasteiger partial charge in [-0.3, -0.25) is 24.1 Å². The first-order valence-electron chi connectivity index (χ1n) is 8.25. The monoisotopic (exact) mass is 405 g/mol. The molecule has 0 unspecified atom stereocenters. The molecular formula is C18H19N3O6S. The average Bonchev–Trinajstić information content (AvgIpc) is 2.99. The van der Waals surface area contributed by atoms with E-state index in [4.69, 9.17) is 0 Å². The molecule has 4 amide bonds. The van der Waals surface area contributed by atoms with Crippen LogP contribution in [0.5, 0.6) is 0 Å².